The second-order valence-electron chi connectivity index (χ2n) is 10.5. The van der Waals surface area contributed by atoms with Gasteiger partial charge in [-0.2, -0.15) is 0 Å². The zero-order valence-electron chi connectivity index (χ0n) is 21.6. The van der Waals surface area contributed by atoms with Crippen LogP contribution in [0.5, 0.6) is 5.75 Å². The van der Waals surface area contributed by atoms with Crippen molar-refractivity contribution in [3.05, 3.63) is 41.6 Å². The molecular formula is C28H34FN5O3. The van der Waals surface area contributed by atoms with Crippen LogP contribution < -0.4 is 15.4 Å². The van der Waals surface area contributed by atoms with E-state index in [0.717, 1.165) is 32.1 Å². The van der Waals surface area contributed by atoms with E-state index in [1.54, 1.807) is 6.07 Å². The SMILES string of the molecule is CCC(=O)N[C@@H]1CC[C@H](NC(=O)c2c(C)[nH]c3c(-c4cc(F)ccc4OCC4CC4)ncnc23)[C@H](C)C1. The molecule has 3 N–H and O–H groups in total. The fraction of sp³-hybridized carbons (Fsp3) is 0.500. The Balaban J connectivity index is 1.39. The maximum Gasteiger partial charge on any atom is 0.255 e. The lowest BCUT2D eigenvalue weighted by atomic mass is 9.82. The summed E-state index contributed by atoms with van der Waals surface area (Å²) in [6, 6.07) is 4.57. The maximum atomic E-state index is 14.3. The average molecular weight is 508 g/mol. The second-order valence-corrected chi connectivity index (χ2v) is 10.5. The van der Waals surface area contributed by atoms with Crippen LogP contribution in [-0.2, 0) is 4.79 Å². The van der Waals surface area contributed by atoms with Crippen molar-refractivity contribution in [2.45, 2.75) is 71.4 Å². The highest BCUT2D eigenvalue weighted by Gasteiger charge is 2.31. The Morgan fingerprint density at radius 3 is 2.70 bits per heavy atom. The van der Waals surface area contributed by atoms with Gasteiger partial charge in [0.15, 0.2) is 0 Å². The van der Waals surface area contributed by atoms with Crippen LogP contribution in [0, 0.1) is 24.6 Å². The van der Waals surface area contributed by atoms with Gasteiger partial charge in [0.2, 0.25) is 5.91 Å². The number of hydrogen-bond acceptors (Lipinski definition) is 5. The normalized spacial score (nSPS) is 21.6. The zero-order valence-corrected chi connectivity index (χ0v) is 21.6. The lowest BCUT2D eigenvalue weighted by Crippen LogP contribution is -2.48. The minimum Gasteiger partial charge on any atom is -0.493 e. The minimum atomic E-state index is -0.388. The summed E-state index contributed by atoms with van der Waals surface area (Å²) in [7, 11) is 0. The van der Waals surface area contributed by atoms with Crippen LogP contribution in [0.4, 0.5) is 4.39 Å². The van der Waals surface area contributed by atoms with Crippen LogP contribution in [0.25, 0.3) is 22.3 Å². The fourth-order valence-electron chi connectivity index (χ4n) is 5.22. The van der Waals surface area contributed by atoms with Crippen molar-refractivity contribution in [1.82, 2.24) is 25.6 Å². The Bertz CT molecular complexity index is 1320. The maximum absolute atomic E-state index is 14.3. The number of aromatic amines is 1. The highest BCUT2D eigenvalue weighted by molar-refractivity contribution is 6.09. The molecule has 37 heavy (non-hydrogen) atoms. The molecule has 2 aliphatic carbocycles. The van der Waals surface area contributed by atoms with Gasteiger partial charge in [-0.3, -0.25) is 9.59 Å². The van der Waals surface area contributed by atoms with Crippen LogP contribution in [-0.4, -0.2) is 45.5 Å². The standard InChI is InChI=1S/C28H34FN5O3/c1-4-23(35)33-19-8-9-21(15(2)11-19)34-28(36)24-16(3)32-27-25(30-14-31-26(24)27)20-12-18(29)7-10-22(20)37-13-17-5-6-17/h7,10,12,14-15,17,19,21,32H,4-6,8-9,11,13H2,1-3H3,(H,33,35)(H,34,36)/t15-,19-,21+/m1/s1. The third-order valence-electron chi connectivity index (χ3n) is 7.54. The minimum absolute atomic E-state index is 0.00131. The number of amides is 2. The van der Waals surface area contributed by atoms with Crippen LogP contribution in [0.1, 0.15) is 68.4 Å². The quantitative estimate of drug-likeness (QED) is 0.410. The third-order valence-corrected chi connectivity index (χ3v) is 7.54. The number of fused-ring (bicyclic) bond motifs is 1. The van der Waals surface area contributed by atoms with Crippen LogP contribution in [0.3, 0.4) is 0 Å². The molecule has 8 nitrogen and oxygen atoms in total. The summed E-state index contributed by atoms with van der Waals surface area (Å²) in [4.78, 5) is 37.4. The largest absolute Gasteiger partial charge is 0.493 e. The van der Waals surface area contributed by atoms with Gasteiger partial charge in [0.1, 0.15) is 29.1 Å². The highest BCUT2D eigenvalue weighted by atomic mass is 19.1. The van der Waals surface area contributed by atoms with Gasteiger partial charge in [-0.05, 0) is 69.1 Å². The van der Waals surface area contributed by atoms with E-state index in [1.165, 1.54) is 18.5 Å². The third kappa shape index (κ3) is 5.45. The number of rotatable bonds is 8. The molecule has 1 aromatic carbocycles. The summed E-state index contributed by atoms with van der Waals surface area (Å²) in [5, 5.41) is 6.27. The number of halogens is 1. The van der Waals surface area contributed by atoms with Gasteiger partial charge in [0, 0.05) is 29.8 Å². The molecule has 0 bridgehead atoms. The highest BCUT2D eigenvalue weighted by Crippen LogP contribution is 2.37. The van der Waals surface area contributed by atoms with Crippen molar-refractivity contribution in [3.8, 4) is 17.0 Å². The van der Waals surface area contributed by atoms with Gasteiger partial charge in [0.25, 0.3) is 5.91 Å². The molecule has 0 radical (unpaired) electrons. The topological polar surface area (TPSA) is 109 Å². The molecule has 2 saturated carbocycles. The first-order valence-electron chi connectivity index (χ1n) is 13.2. The van der Waals surface area contributed by atoms with E-state index in [4.69, 9.17) is 4.74 Å². The number of nitrogens with zero attached hydrogens (tertiary/aromatic N) is 2. The summed E-state index contributed by atoms with van der Waals surface area (Å²) in [5.41, 5.74) is 3.23. The van der Waals surface area contributed by atoms with E-state index in [2.05, 4.69) is 32.5 Å². The lowest BCUT2D eigenvalue weighted by molar-refractivity contribution is -0.121. The Kier molecular flexibility index (Phi) is 7.13. The fourth-order valence-corrected chi connectivity index (χ4v) is 5.22. The molecule has 0 aliphatic heterocycles. The molecular weight excluding hydrogens is 473 g/mol. The monoisotopic (exact) mass is 507 g/mol. The van der Waals surface area contributed by atoms with Gasteiger partial charge in [-0.15, -0.1) is 0 Å². The number of carbonyl (C=O) groups excluding carboxylic acids is 2. The van der Waals surface area contributed by atoms with Crippen molar-refractivity contribution in [2.75, 3.05) is 6.61 Å². The molecule has 0 unspecified atom stereocenters. The van der Waals surface area contributed by atoms with Crippen molar-refractivity contribution >= 4 is 22.8 Å². The predicted octanol–water partition coefficient (Wildman–Crippen LogP) is 4.67. The van der Waals surface area contributed by atoms with Crippen LogP contribution >= 0.6 is 0 Å². The van der Waals surface area contributed by atoms with E-state index in [9.17, 15) is 14.0 Å². The van der Waals surface area contributed by atoms with Crippen molar-refractivity contribution in [2.24, 2.45) is 11.8 Å². The summed E-state index contributed by atoms with van der Waals surface area (Å²) in [5.74, 6) is 0.796. The van der Waals surface area contributed by atoms with Crippen molar-refractivity contribution in [1.29, 1.82) is 0 Å². The molecule has 0 spiro atoms. The van der Waals surface area contributed by atoms with Crippen molar-refractivity contribution < 1.29 is 18.7 Å². The van der Waals surface area contributed by atoms with Gasteiger partial charge >= 0.3 is 0 Å². The van der Waals surface area contributed by atoms with Crippen LogP contribution in [0.15, 0.2) is 24.5 Å². The van der Waals surface area contributed by atoms with Gasteiger partial charge in [-0.1, -0.05) is 13.8 Å². The Labute approximate surface area is 215 Å². The number of H-pyrrole nitrogens is 1. The summed E-state index contributed by atoms with van der Waals surface area (Å²) in [6.07, 6.45) is 6.60. The van der Waals surface area contributed by atoms with Gasteiger partial charge in [-0.25, -0.2) is 14.4 Å². The zero-order chi connectivity index (χ0) is 26.1. The molecule has 5 rings (SSSR count). The molecule has 0 saturated heterocycles. The van der Waals surface area contributed by atoms with E-state index in [-0.39, 0.29) is 35.6 Å². The molecule has 2 aliphatic rings. The molecule has 3 atom stereocenters. The Hall–Kier alpha value is -3.49. The first kappa shape index (κ1) is 25.2. The molecule has 2 heterocycles. The van der Waals surface area contributed by atoms with Gasteiger partial charge < -0.3 is 20.4 Å². The van der Waals surface area contributed by atoms with E-state index >= 15 is 0 Å². The van der Waals surface area contributed by atoms with E-state index in [0.29, 0.717) is 58.2 Å². The van der Waals surface area contributed by atoms with Gasteiger partial charge in [0.05, 0.1) is 17.7 Å². The van der Waals surface area contributed by atoms with Crippen molar-refractivity contribution in [3.63, 3.8) is 0 Å². The van der Waals surface area contributed by atoms with E-state index < -0.39 is 0 Å². The molecule has 2 aromatic heterocycles. The number of aryl methyl sites for hydroxylation is 1. The summed E-state index contributed by atoms with van der Waals surface area (Å²) < 4.78 is 20.3. The number of benzene rings is 1. The molecule has 2 amide bonds. The first-order valence-corrected chi connectivity index (χ1v) is 13.2. The number of carbonyl (C=O) groups is 2. The lowest BCUT2D eigenvalue weighted by Gasteiger charge is -2.35. The summed E-state index contributed by atoms with van der Waals surface area (Å²) >= 11 is 0. The molecule has 2 fully saturated rings. The number of aromatic nitrogens is 3. The van der Waals surface area contributed by atoms with E-state index in [1.807, 2.05) is 13.8 Å². The predicted molar refractivity (Wildman–Crippen MR) is 139 cm³/mol. The second kappa shape index (κ2) is 10.5. The average Bonchev–Trinajstić information content (AvgIpc) is 3.64. The number of hydrogen-bond donors (Lipinski definition) is 3. The Morgan fingerprint density at radius 1 is 1.16 bits per heavy atom. The molecule has 9 heteroatoms. The van der Waals surface area contributed by atoms with Crippen LogP contribution in [0.2, 0.25) is 0 Å². The number of nitrogens with one attached hydrogen (secondary N) is 3. The Morgan fingerprint density at radius 2 is 1.97 bits per heavy atom. The first-order chi connectivity index (χ1) is 17.8. The number of ether oxygens (including phenoxy) is 1. The molecule has 3 aromatic rings. The summed E-state index contributed by atoms with van der Waals surface area (Å²) in [6.45, 7) is 6.37. The molecule has 196 valence electrons. The smallest absolute Gasteiger partial charge is 0.255 e.